The largest absolute Gasteiger partial charge is 0.387 e. The van der Waals surface area contributed by atoms with E-state index in [1.165, 1.54) is 191 Å². The summed E-state index contributed by atoms with van der Waals surface area (Å²) in [5.74, 6) is 0. The second kappa shape index (κ2) is 30.9. The number of aromatic amines is 1. The van der Waals surface area contributed by atoms with Crippen molar-refractivity contribution in [3.05, 3.63) is 33.1 Å². The van der Waals surface area contributed by atoms with Gasteiger partial charge in [0.2, 0.25) is 0 Å². The first-order chi connectivity index (χ1) is 25.0. The van der Waals surface area contributed by atoms with Gasteiger partial charge in [-0.05, 0) is 12.8 Å². The number of aliphatic hydroxyl groups excluding tert-OH is 1. The van der Waals surface area contributed by atoms with Crippen molar-refractivity contribution in [3.8, 4) is 0 Å². The lowest BCUT2D eigenvalue weighted by Crippen LogP contribution is -2.39. The van der Waals surface area contributed by atoms with Gasteiger partial charge < -0.3 is 14.6 Å². The molecule has 1 saturated heterocycles. The first-order valence-electron chi connectivity index (χ1n) is 21.6. The number of H-pyrrole nitrogens is 1. The fourth-order valence-electron chi connectivity index (χ4n) is 7.35. The third kappa shape index (κ3) is 21.1. The number of hydroxylamine groups is 2. The van der Waals surface area contributed by atoms with Gasteiger partial charge in [-0.25, -0.2) is 4.79 Å². The van der Waals surface area contributed by atoms with Gasteiger partial charge in [0.15, 0.2) is 6.23 Å². The highest BCUT2D eigenvalue weighted by atomic mass is 16.7. The summed E-state index contributed by atoms with van der Waals surface area (Å²) in [7, 11) is 1.49. The summed E-state index contributed by atoms with van der Waals surface area (Å²) in [4.78, 5) is 32.6. The first kappa shape index (κ1) is 45.6. The lowest BCUT2D eigenvalue weighted by molar-refractivity contribution is -0.194. The highest BCUT2D eigenvalue weighted by molar-refractivity contribution is 4.94. The van der Waals surface area contributed by atoms with Crippen LogP contribution in [0.4, 0.5) is 0 Å². The number of methoxy groups -OCH3 is 1. The van der Waals surface area contributed by atoms with Crippen LogP contribution >= 0.6 is 0 Å². The van der Waals surface area contributed by atoms with Crippen LogP contribution in [0.3, 0.4) is 0 Å². The molecule has 0 spiro atoms. The SMILES string of the molecule is CCCCCCCCCCCCCCCCN(CCCCCCCCCCCCCCCC)OC[C@H]1O[C@@H](n2ccc(=O)[nH]c2=O)[C@@H](OC)C1O. The van der Waals surface area contributed by atoms with Crippen molar-refractivity contribution in [1.29, 1.82) is 0 Å². The van der Waals surface area contributed by atoms with Crippen LogP contribution in [0.25, 0.3) is 0 Å². The molecule has 2 heterocycles. The number of nitrogens with one attached hydrogen (secondary N) is 1. The molecule has 0 saturated carbocycles. The number of hydrogen-bond donors (Lipinski definition) is 2. The van der Waals surface area contributed by atoms with E-state index in [0.717, 1.165) is 25.9 Å². The first-order valence-corrected chi connectivity index (χ1v) is 21.6. The molecule has 1 aromatic heterocycles. The van der Waals surface area contributed by atoms with E-state index in [1.54, 1.807) is 0 Å². The molecule has 298 valence electrons. The van der Waals surface area contributed by atoms with Gasteiger partial charge in [0.1, 0.15) is 18.3 Å². The van der Waals surface area contributed by atoms with Crippen LogP contribution < -0.4 is 11.2 Å². The van der Waals surface area contributed by atoms with Gasteiger partial charge in [0.05, 0.1) is 6.61 Å². The lowest BCUT2D eigenvalue weighted by Gasteiger charge is -2.24. The Morgan fingerprint density at radius 3 is 1.43 bits per heavy atom. The van der Waals surface area contributed by atoms with Crippen LogP contribution in [-0.2, 0) is 14.3 Å². The van der Waals surface area contributed by atoms with Crippen molar-refractivity contribution >= 4 is 0 Å². The molecule has 2 rings (SSSR count). The van der Waals surface area contributed by atoms with Gasteiger partial charge in [-0.3, -0.25) is 19.2 Å². The number of aromatic nitrogens is 2. The van der Waals surface area contributed by atoms with Crippen molar-refractivity contribution in [2.45, 2.75) is 218 Å². The fraction of sp³-hybridized carbons (Fsp3) is 0.905. The molecule has 0 amide bonds. The predicted molar refractivity (Wildman–Crippen MR) is 210 cm³/mol. The summed E-state index contributed by atoms with van der Waals surface area (Å²) in [6.45, 7) is 6.45. The van der Waals surface area contributed by atoms with Crippen molar-refractivity contribution in [3.63, 3.8) is 0 Å². The molecular formula is C42H79N3O6. The van der Waals surface area contributed by atoms with E-state index in [2.05, 4.69) is 23.9 Å². The second-order valence-corrected chi connectivity index (χ2v) is 15.2. The van der Waals surface area contributed by atoms with Crippen molar-refractivity contribution in [2.24, 2.45) is 0 Å². The normalized spacial score (nSPS) is 19.1. The van der Waals surface area contributed by atoms with Crippen LogP contribution in [0, 0.1) is 0 Å². The van der Waals surface area contributed by atoms with Gasteiger partial charge in [-0.1, -0.05) is 181 Å². The van der Waals surface area contributed by atoms with Crippen molar-refractivity contribution < 1.29 is 19.4 Å². The molecule has 1 fully saturated rings. The Bertz CT molecular complexity index is 1020. The van der Waals surface area contributed by atoms with Crippen LogP contribution in [0.5, 0.6) is 0 Å². The zero-order chi connectivity index (χ0) is 36.8. The molecule has 51 heavy (non-hydrogen) atoms. The Balaban J connectivity index is 1.70. The highest BCUT2D eigenvalue weighted by Crippen LogP contribution is 2.31. The molecule has 2 N–H and O–H groups in total. The summed E-state index contributed by atoms with van der Waals surface area (Å²) in [6, 6.07) is 1.27. The van der Waals surface area contributed by atoms with E-state index in [1.807, 2.05) is 0 Å². The molecule has 9 heteroatoms. The molecule has 4 atom stereocenters. The molecular weight excluding hydrogens is 642 g/mol. The standard InChI is InChI=1S/C42H79N3O6/c1-4-6-8-10-12-14-16-18-20-22-24-26-28-30-33-44(34-31-29-27-25-23-21-19-17-15-13-11-9-7-5-2)50-36-37-39(47)40(49-3)41(51-37)45-35-32-38(46)43-42(45)48/h32,35,37,39-41,47H,4-31,33-34,36H2,1-3H3,(H,43,46,48)/t37-,39?,40+,41-/m1/s1. The average Bonchev–Trinajstić information content (AvgIpc) is 3.44. The maximum atomic E-state index is 12.4. The summed E-state index contributed by atoms with van der Waals surface area (Å²) < 4.78 is 12.9. The quantitative estimate of drug-likeness (QED) is 0.0531. The fourth-order valence-corrected chi connectivity index (χ4v) is 7.35. The minimum atomic E-state index is -0.970. The molecule has 0 aliphatic carbocycles. The molecule has 1 aromatic rings. The smallest absolute Gasteiger partial charge is 0.330 e. The van der Waals surface area contributed by atoms with Crippen molar-refractivity contribution in [1.82, 2.24) is 14.6 Å². The van der Waals surface area contributed by atoms with Crippen LogP contribution in [0.15, 0.2) is 21.9 Å². The predicted octanol–water partition coefficient (Wildman–Crippen LogP) is 10.0. The van der Waals surface area contributed by atoms with Crippen LogP contribution in [0.1, 0.15) is 200 Å². The Kier molecular flexibility index (Phi) is 27.6. The second-order valence-electron chi connectivity index (χ2n) is 15.2. The minimum Gasteiger partial charge on any atom is -0.387 e. The van der Waals surface area contributed by atoms with Crippen LogP contribution in [0.2, 0.25) is 0 Å². The Hall–Kier alpha value is -1.52. The number of unbranched alkanes of at least 4 members (excludes halogenated alkanes) is 26. The highest BCUT2D eigenvalue weighted by Gasteiger charge is 2.45. The van der Waals surface area contributed by atoms with Crippen LogP contribution in [-0.4, -0.2) is 64.8 Å². The Morgan fingerprint density at radius 2 is 1.06 bits per heavy atom. The molecule has 1 aliphatic heterocycles. The van der Waals surface area contributed by atoms with Gasteiger partial charge >= 0.3 is 5.69 Å². The molecule has 1 unspecified atom stereocenters. The summed E-state index contributed by atoms with van der Waals surface area (Å²) in [6.07, 6.45) is 35.5. The van der Waals surface area contributed by atoms with Crippen molar-refractivity contribution in [2.75, 3.05) is 26.8 Å². The van der Waals surface area contributed by atoms with E-state index in [9.17, 15) is 14.7 Å². The maximum Gasteiger partial charge on any atom is 0.330 e. The van der Waals surface area contributed by atoms with E-state index < -0.39 is 35.8 Å². The van der Waals surface area contributed by atoms with E-state index >= 15 is 0 Å². The monoisotopic (exact) mass is 722 g/mol. The Morgan fingerprint density at radius 1 is 0.667 bits per heavy atom. The van der Waals surface area contributed by atoms with E-state index in [0.29, 0.717) is 0 Å². The van der Waals surface area contributed by atoms with Gasteiger partial charge in [0.25, 0.3) is 5.56 Å². The molecule has 9 nitrogen and oxygen atoms in total. The minimum absolute atomic E-state index is 0.173. The summed E-state index contributed by atoms with van der Waals surface area (Å²) in [5.41, 5.74) is -1.08. The third-order valence-corrected chi connectivity index (χ3v) is 10.7. The average molecular weight is 722 g/mol. The number of ether oxygens (including phenoxy) is 2. The third-order valence-electron chi connectivity index (χ3n) is 10.7. The van der Waals surface area contributed by atoms with E-state index in [-0.39, 0.29) is 6.61 Å². The van der Waals surface area contributed by atoms with Gasteiger partial charge in [-0.2, -0.15) is 5.06 Å². The number of aliphatic hydroxyl groups is 1. The number of rotatable bonds is 35. The molecule has 0 radical (unpaired) electrons. The number of hydrogen-bond acceptors (Lipinski definition) is 7. The van der Waals surface area contributed by atoms with E-state index in [4.69, 9.17) is 14.3 Å². The van der Waals surface area contributed by atoms with Gasteiger partial charge in [-0.15, -0.1) is 0 Å². The Labute approximate surface area is 311 Å². The maximum absolute atomic E-state index is 12.4. The summed E-state index contributed by atoms with van der Waals surface area (Å²) >= 11 is 0. The number of nitrogens with zero attached hydrogens (tertiary/aromatic N) is 2. The molecule has 1 aliphatic rings. The lowest BCUT2D eigenvalue weighted by atomic mass is 10.0. The summed E-state index contributed by atoms with van der Waals surface area (Å²) in [5, 5.41) is 13.1. The zero-order valence-electron chi connectivity index (χ0n) is 33.3. The van der Waals surface area contributed by atoms with Gasteiger partial charge in [0, 0.05) is 32.5 Å². The topological polar surface area (TPSA) is 106 Å². The molecule has 0 aromatic carbocycles. The molecule has 0 bridgehead atoms. The zero-order valence-corrected chi connectivity index (χ0v) is 33.3.